The molecule has 0 saturated carbocycles. The highest BCUT2D eigenvalue weighted by Gasteiger charge is 2.26. The molecule has 134 valence electrons. The highest BCUT2D eigenvalue weighted by molar-refractivity contribution is 14.1. The van der Waals surface area contributed by atoms with Crippen LogP contribution in [0.1, 0.15) is 37.9 Å². The van der Waals surface area contributed by atoms with Crippen molar-refractivity contribution in [3.05, 3.63) is 51.0 Å². The molecular formula is C20H20IN3OS. The van der Waals surface area contributed by atoms with Crippen molar-refractivity contribution in [1.82, 2.24) is 9.78 Å². The summed E-state index contributed by atoms with van der Waals surface area (Å²) in [7, 11) is 0. The third-order valence-corrected chi connectivity index (χ3v) is 5.61. The Bertz CT molecular complexity index is 988. The average molecular weight is 477 g/mol. The van der Waals surface area contributed by atoms with Gasteiger partial charge in [-0.2, -0.15) is 10.4 Å². The van der Waals surface area contributed by atoms with Crippen LogP contribution in [0.5, 0.6) is 0 Å². The number of hydrogen-bond acceptors (Lipinski definition) is 4. The number of nitriles is 1. The van der Waals surface area contributed by atoms with Gasteiger partial charge in [-0.3, -0.25) is 0 Å². The first-order valence-corrected chi connectivity index (χ1v) is 10.5. The molecule has 0 amide bonds. The van der Waals surface area contributed by atoms with E-state index in [1.54, 1.807) is 0 Å². The fraction of sp³-hybridized carbons (Fsp3) is 0.300. The number of rotatable bonds is 3. The van der Waals surface area contributed by atoms with Crippen LogP contribution in [0.2, 0.25) is 0 Å². The molecule has 3 aromatic rings. The van der Waals surface area contributed by atoms with E-state index in [2.05, 4.69) is 49.4 Å². The van der Waals surface area contributed by atoms with Crippen molar-refractivity contribution in [1.29, 1.82) is 5.26 Å². The van der Waals surface area contributed by atoms with E-state index in [0.717, 1.165) is 31.4 Å². The van der Waals surface area contributed by atoms with Gasteiger partial charge < -0.3 is 4.42 Å². The van der Waals surface area contributed by atoms with E-state index in [1.165, 1.54) is 11.8 Å². The summed E-state index contributed by atoms with van der Waals surface area (Å²) >= 11 is 3.80. The van der Waals surface area contributed by atoms with Crippen LogP contribution < -0.4 is 0 Å². The number of nitrogens with zero attached hydrogens (tertiary/aromatic N) is 3. The Kier molecular flexibility index (Phi) is 5.22. The zero-order chi connectivity index (χ0) is 19.1. The minimum absolute atomic E-state index is 0.100. The number of aromatic nitrogens is 2. The van der Waals surface area contributed by atoms with Crippen LogP contribution in [0.3, 0.4) is 0 Å². The first-order chi connectivity index (χ1) is 12.3. The lowest BCUT2D eigenvalue weighted by atomic mass is 9.93. The lowest BCUT2D eigenvalue weighted by Crippen LogP contribution is -2.09. The Morgan fingerprint density at radius 3 is 2.38 bits per heavy atom. The first kappa shape index (κ1) is 19.1. The van der Waals surface area contributed by atoms with Crippen molar-refractivity contribution in [2.75, 3.05) is 6.26 Å². The number of halogens is 1. The molecule has 0 aliphatic rings. The predicted octanol–water partition coefficient (Wildman–Crippen LogP) is 5.94. The standard InChI is InChI=1S/C20H20IN3OS/c1-12-15(10-17(25-12)20(2,3)4)18-16(11-22)19(26-5)24(23-18)14-8-6-13(21)7-9-14/h6-10H,1-5H3. The lowest BCUT2D eigenvalue weighted by Gasteiger charge is -2.13. The van der Waals surface area contributed by atoms with Crippen LogP contribution in [-0.2, 0) is 5.41 Å². The zero-order valence-corrected chi connectivity index (χ0v) is 18.4. The van der Waals surface area contributed by atoms with Crippen LogP contribution >= 0.6 is 34.4 Å². The number of thioether (sulfide) groups is 1. The maximum Gasteiger partial charge on any atom is 0.118 e. The van der Waals surface area contributed by atoms with Gasteiger partial charge in [-0.15, -0.1) is 11.8 Å². The summed E-state index contributed by atoms with van der Waals surface area (Å²) in [6, 6.07) is 12.5. The topological polar surface area (TPSA) is 54.8 Å². The van der Waals surface area contributed by atoms with Gasteiger partial charge in [0.05, 0.1) is 5.69 Å². The van der Waals surface area contributed by atoms with Gasteiger partial charge in [0, 0.05) is 14.5 Å². The van der Waals surface area contributed by atoms with Gasteiger partial charge in [0.25, 0.3) is 0 Å². The molecule has 4 nitrogen and oxygen atoms in total. The summed E-state index contributed by atoms with van der Waals surface area (Å²) in [5.41, 5.74) is 2.98. The molecule has 2 heterocycles. The highest BCUT2D eigenvalue weighted by Crippen LogP contribution is 2.37. The van der Waals surface area contributed by atoms with E-state index in [1.807, 2.05) is 48.2 Å². The Balaban J connectivity index is 2.22. The molecule has 26 heavy (non-hydrogen) atoms. The third-order valence-electron chi connectivity index (χ3n) is 4.13. The van der Waals surface area contributed by atoms with E-state index in [0.29, 0.717) is 11.3 Å². The first-order valence-electron chi connectivity index (χ1n) is 8.20. The molecule has 0 aliphatic heterocycles. The quantitative estimate of drug-likeness (QED) is 0.346. The number of aryl methyl sites for hydroxylation is 1. The second-order valence-electron chi connectivity index (χ2n) is 7.06. The van der Waals surface area contributed by atoms with Crippen molar-refractivity contribution < 1.29 is 4.42 Å². The van der Waals surface area contributed by atoms with Gasteiger partial charge in [-0.1, -0.05) is 20.8 Å². The van der Waals surface area contributed by atoms with Crippen LogP contribution in [0.4, 0.5) is 0 Å². The Labute approximate surface area is 171 Å². The number of hydrogen-bond donors (Lipinski definition) is 0. The Hall–Kier alpha value is -1.72. The molecule has 0 saturated heterocycles. The molecule has 0 aliphatic carbocycles. The average Bonchev–Trinajstić information content (AvgIpc) is 3.15. The van der Waals surface area contributed by atoms with Gasteiger partial charge >= 0.3 is 0 Å². The normalized spacial score (nSPS) is 11.6. The van der Waals surface area contributed by atoms with Gasteiger partial charge in [0.15, 0.2) is 0 Å². The van der Waals surface area contributed by atoms with Crippen molar-refractivity contribution in [3.8, 4) is 23.0 Å². The third kappa shape index (κ3) is 3.42. The van der Waals surface area contributed by atoms with Gasteiger partial charge in [-0.25, -0.2) is 4.68 Å². The molecule has 0 atom stereocenters. The maximum absolute atomic E-state index is 9.81. The summed E-state index contributed by atoms with van der Waals surface area (Å²) in [6.07, 6.45) is 1.97. The fourth-order valence-electron chi connectivity index (χ4n) is 2.72. The summed E-state index contributed by atoms with van der Waals surface area (Å²) in [5.74, 6) is 1.68. The van der Waals surface area contributed by atoms with E-state index < -0.39 is 0 Å². The molecule has 0 radical (unpaired) electrons. The lowest BCUT2D eigenvalue weighted by molar-refractivity contribution is 0.396. The van der Waals surface area contributed by atoms with E-state index in [4.69, 9.17) is 9.52 Å². The Morgan fingerprint density at radius 2 is 1.88 bits per heavy atom. The molecule has 0 bridgehead atoms. The number of benzene rings is 1. The van der Waals surface area contributed by atoms with Crippen molar-refractivity contribution in [3.63, 3.8) is 0 Å². The maximum atomic E-state index is 9.81. The van der Waals surface area contributed by atoms with Crippen LogP contribution in [0.15, 0.2) is 39.8 Å². The smallest absolute Gasteiger partial charge is 0.118 e. The number of furan rings is 1. The monoisotopic (exact) mass is 477 g/mol. The summed E-state index contributed by atoms with van der Waals surface area (Å²) < 4.78 is 8.97. The molecule has 3 rings (SSSR count). The molecule has 0 fully saturated rings. The second-order valence-corrected chi connectivity index (χ2v) is 9.10. The zero-order valence-electron chi connectivity index (χ0n) is 15.4. The SMILES string of the molecule is CSc1c(C#N)c(-c2cc(C(C)(C)C)oc2C)nn1-c1ccc(I)cc1. The molecule has 6 heteroatoms. The molecule has 1 aromatic carbocycles. The minimum Gasteiger partial charge on any atom is -0.465 e. The summed E-state index contributed by atoms with van der Waals surface area (Å²) in [6.45, 7) is 8.25. The van der Waals surface area contributed by atoms with E-state index >= 15 is 0 Å². The van der Waals surface area contributed by atoms with Crippen molar-refractivity contribution in [2.45, 2.75) is 38.1 Å². The minimum atomic E-state index is -0.100. The van der Waals surface area contributed by atoms with Crippen molar-refractivity contribution >= 4 is 34.4 Å². The molecule has 0 N–H and O–H groups in total. The van der Waals surface area contributed by atoms with Gasteiger partial charge in [-0.05, 0) is 66.1 Å². The van der Waals surface area contributed by atoms with Crippen LogP contribution in [0.25, 0.3) is 16.9 Å². The van der Waals surface area contributed by atoms with Gasteiger partial charge in [0.1, 0.15) is 33.9 Å². The van der Waals surface area contributed by atoms with Crippen molar-refractivity contribution in [2.24, 2.45) is 0 Å². The summed E-state index contributed by atoms with van der Waals surface area (Å²) in [4.78, 5) is 0. The van der Waals surface area contributed by atoms with Gasteiger partial charge in [0.2, 0.25) is 0 Å². The highest BCUT2D eigenvalue weighted by atomic mass is 127. The largest absolute Gasteiger partial charge is 0.465 e. The van der Waals surface area contributed by atoms with E-state index in [9.17, 15) is 5.26 Å². The van der Waals surface area contributed by atoms with E-state index in [-0.39, 0.29) is 5.41 Å². The molecule has 0 spiro atoms. The van der Waals surface area contributed by atoms with Crippen LogP contribution in [-0.4, -0.2) is 16.0 Å². The molecule has 0 unspecified atom stereocenters. The fourth-order valence-corrected chi connectivity index (χ4v) is 3.75. The van der Waals surface area contributed by atoms with Crippen LogP contribution in [0, 0.1) is 21.8 Å². The Morgan fingerprint density at radius 1 is 1.23 bits per heavy atom. The molecule has 2 aromatic heterocycles. The second kappa shape index (κ2) is 7.12. The molecular weight excluding hydrogens is 457 g/mol. The summed E-state index contributed by atoms with van der Waals surface area (Å²) in [5, 5.41) is 15.4. The predicted molar refractivity (Wildman–Crippen MR) is 114 cm³/mol.